The van der Waals surface area contributed by atoms with E-state index in [4.69, 9.17) is 0 Å². The zero-order chi connectivity index (χ0) is 11.4. The Morgan fingerprint density at radius 2 is 1.71 bits per heavy atom. The smallest absolute Gasteiger partial charge is 0.135 e. The van der Waals surface area contributed by atoms with Gasteiger partial charge in [0.1, 0.15) is 5.78 Å². The first-order valence-electron chi connectivity index (χ1n) is 5.39. The molecule has 14 heavy (non-hydrogen) atoms. The number of rotatable bonds is 6. The summed E-state index contributed by atoms with van der Waals surface area (Å²) >= 11 is 1.88. The van der Waals surface area contributed by atoms with Gasteiger partial charge in [-0.25, -0.2) is 0 Å². The van der Waals surface area contributed by atoms with Gasteiger partial charge in [0.2, 0.25) is 0 Å². The second-order valence-electron chi connectivity index (χ2n) is 4.65. The summed E-state index contributed by atoms with van der Waals surface area (Å²) in [6.07, 6.45) is 5.19. The average molecular weight is 216 g/mol. The molecule has 0 spiro atoms. The maximum Gasteiger partial charge on any atom is 0.135 e. The summed E-state index contributed by atoms with van der Waals surface area (Å²) in [6, 6.07) is 0. The van der Waals surface area contributed by atoms with Crippen molar-refractivity contribution in [2.45, 2.75) is 58.6 Å². The highest BCUT2D eigenvalue weighted by molar-refractivity contribution is 7.99. The van der Waals surface area contributed by atoms with E-state index < -0.39 is 0 Å². The van der Waals surface area contributed by atoms with E-state index in [1.807, 2.05) is 11.8 Å². The van der Waals surface area contributed by atoms with E-state index in [0.29, 0.717) is 5.78 Å². The predicted octanol–water partition coefficient (Wildman–Crippen LogP) is 3.91. The molecule has 0 radical (unpaired) electrons. The highest BCUT2D eigenvalue weighted by Gasteiger charge is 2.35. The van der Waals surface area contributed by atoms with E-state index >= 15 is 0 Å². The van der Waals surface area contributed by atoms with Gasteiger partial charge in [-0.1, -0.05) is 27.7 Å². The first-order valence-corrected chi connectivity index (χ1v) is 6.62. The highest BCUT2D eigenvalue weighted by atomic mass is 32.2. The van der Waals surface area contributed by atoms with Crippen LogP contribution in [0.15, 0.2) is 0 Å². The van der Waals surface area contributed by atoms with Gasteiger partial charge in [0, 0.05) is 10.2 Å². The van der Waals surface area contributed by atoms with Crippen LogP contribution in [-0.4, -0.2) is 16.8 Å². The lowest BCUT2D eigenvalue weighted by Gasteiger charge is -2.36. The fraction of sp³-hybridized carbons (Fsp3) is 0.917. The number of Topliss-reactive ketones (excluding diaryl/α,β-unsaturated/α-hetero) is 1. The van der Waals surface area contributed by atoms with Crippen LogP contribution in [0, 0.1) is 5.41 Å². The van der Waals surface area contributed by atoms with Crippen molar-refractivity contribution in [2.24, 2.45) is 5.41 Å². The molecule has 0 N–H and O–H groups in total. The number of thioether (sulfide) groups is 1. The maximum atomic E-state index is 11.6. The Hall–Kier alpha value is 0.0200. The normalized spacial score (nSPS) is 19.9. The molecule has 0 aromatic heterocycles. The van der Waals surface area contributed by atoms with Gasteiger partial charge in [-0.15, -0.1) is 0 Å². The minimum absolute atomic E-state index is 0.131. The Morgan fingerprint density at radius 1 is 1.21 bits per heavy atom. The summed E-state index contributed by atoms with van der Waals surface area (Å²) in [5.74, 6) is 0.328. The fourth-order valence-electron chi connectivity index (χ4n) is 1.67. The molecule has 0 saturated carbocycles. The van der Waals surface area contributed by atoms with Crippen LogP contribution in [0.4, 0.5) is 0 Å². The van der Waals surface area contributed by atoms with Gasteiger partial charge in [-0.2, -0.15) is 11.8 Å². The van der Waals surface area contributed by atoms with Gasteiger partial charge in [0.25, 0.3) is 0 Å². The van der Waals surface area contributed by atoms with Crippen molar-refractivity contribution in [3.63, 3.8) is 0 Å². The number of carbonyl (C=O) groups excluding carboxylic acids is 1. The van der Waals surface area contributed by atoms with E-state index in [2.05, 4.69) is 34.0 Å². The number of hydrogen-bond acceptors (Lipinski definition) is 2. The third-order valence-electron chi connectivity index (χ3n) is 3.64. The van der Waals surface area contributed by atoms with Crippen LogP contribution < -0.4 is 0 Å². The minimum atomic E-state index is -0.131. The molecule has 0 aliphatic carbocycles. The van der Waals surface area contributed by atoms with Gasteiger partial charge in [0.05, 0.1) is 0 Å². The zero-order valence-corrected chi connectivity index (χ0v) is 11.3. The van der Waals surface area contributed by atoms with Gasteiger partial charge in [0.15, 0.2) is 0 Å². The molecule has 0 saturated heterocycles. The summed E-state index contributed by atoms with van der Waals surface area (Å²) in [5.41, 5.74) is -0.131. The molecule has 0 aliphatic heterocycles. The van der Waals surface area contributed by atoms with Crippen LogP contribution in [0.25, 0.3) is 0 Å². The molecule has 0 aromatic carbocycles. The molecular weight excluding hydrogens is 192 g/mol. The quantitative estimate of drug-likeness (QED) is 0.669. The van der Waals surface area contributed by atoms with Crippen LogP contribution in [-0.2, 0) is 4.79 Å². The molecule has 2 atom stereocenters. The van der Waals surface area contributed by atoms with Crippen molar-refractivity contribution in [1.29, 1.82) is 0 Å². The molecule has 0 rings (SSSR count). The highest BCUT2D eigenvalue weighted by Crippen LogP contribution is 2.40. The first-order chi connectivity index (χ1) is 6.33. The van der Waals surface area contributed by atoms with Crippen molar-refractivity contribution in [3.05, 3.63) is 0 Å². The van der Waals surface area contributed by atoms with E-state index in [9.17, 15) is 4.79 Å². The molecule has 0 aromatic rings. The molecule has 2 unspecified atom stereocenters. The molecule has 0 heterocycles. The van der Waals surface area contributed by atoms with E-state index in [0.717, 1.165) is 19.3 Å². The average Bonchev–Trinajstić information content (AvgIpc) is 2.17. The largest absolute Gasteiger partial charge is 0.299 e. The second kappa shape index (κ2) is 5.20. The molecule has 1 nitrogen and oxygen atoms in total. The molecular formula is C12H24OS. The first kappa shape index (κ1) is 14.0. The Balaban J connectivity index is 4.67. The molecule has 2 heteroatoms. The second-order valence-corrected chi connectivity index (χ2v) is 6.05. The zero-order valence-electron chi connectivity index (χ0n) is 10.4. The van der Waals surface area contributed by atoms with Crippen molar-refractivity contribution in [2.75, 3.05) is 6.26 Å². The minimum Gasteiger partial charge on any atom is -0.299 e. The van der Waals surface area contributed by atoms with Crippen LogP contribution in [0.5, 0.6) is 0 Å². The van der Waals surface area contributed by atoms with Gasteiger partial charge >= 0.3 is 0 Å². The van der Waals surface area contributed by atoms with Crippen LogP contribution in [0.1, 0.15) is 53.9 Å². The van der Waals surface area contributed by atoms with E-state index in [-0.39, 0.29) is 10.2 Å². The van der Waals surface area contributed by atoms with Crippen molar-refractivity contribution in [3.8, 4) is 0 Å². The lowest BCUT2D eigenvalue weighted by molar-refractivity contribution is -0.126. The standard InChI is InChI=1S/C12H24OS/c1-7-11(4,10(3)13)9-12(5,8-2)14-6/h7-9H2,1-6H3. The monoisotopic (exact) mass is 216 g/mol. The van der Waals surface area contributed by atoms with Crippen LogP contribution in [0.3, 0.4) is 0 Å². The Bertz CT molecular complexity index is 196. The van der Waals surface area contributed by atoms with Crippen LogP contribution in [0.2, 0.25) is 0 Å². The lowest BCUT2D eigenvalue weighted by Crippen LogP contribution is -2.34. The number of hydrogen-bond donors (Lipinski definition) is 0. The topological polar surface area (TPSA) is 17.1 Å². The molecule has 0 amide bonds. The molecule has 0 aliphatic rings. The number of carbonyl (C=O) groups is 1. The van der Waals surface area contributed by atoms with Gasteiger partial charge in [-0.3, -0.25) is 4.79 Å². The summed E-state index contributed by atoms with van der Waals surface area (Å²) in [4.78, 5) is 11.6. The fourth-order valence-corrected chi connectivity index (χ4v) is 2.42. The molecule has 0 fully saturated rings. The van der Waals surface area contributed by atoms with Gasteiger partial charge < -0.3 is 0 Å². The van der Waals surface area contributed by atoms with Crippen molar-refractivity contribution in [1.82, 2.24) is 0 Å². The summed E-state index contributed by atoms with van der Waals surface area (Å²) in [6.45, 7) is 10.4. The molecule has 84 valence electrons. The lowest BCUT2D eigenvalue weighted by atomic mass is 9.75. The van der Waals surface area contributed by atoms with Crippen molar-refractivity contribution >= 4 is 17.5 Å². The van der Waals surface area contributed by atoms with Gasteiger partial charge in [-0.05, 0) is 32.4 Å². The maximum absolute atomic E-state index is 11.6. The Morgan fingerprint density at radius 3 is 1.93 bits per heavy atom. The van der Waals surface area contributed by atoms with E-state index in [1.54, 1.807) is 6.92 Å². The van der Waals surface area contributed by atoms with Crippen molar-refractivity contribution < 1.29 is 4.79 Å². The van der Waals surface area contributed by atoms with E-state index in [1.165, 1.54) is 0 Å². The Labute approximate surface area is 93.0 Å². The summed E-state index contributed by atoms with van der Waals surface area (Å²) in [7, 11) is 0. The summed E-state index contributed by atoms with van der Waals surface area (Å²) in [5, 5.41) is 0. The number of ketones is 1. The Kier molecular flexibility index (Phi) is 5.21. The summed E-state index contributed by atoms with van der Waals surface area (Å²) < 4.78 is 0.246. The SMILES string of the molecule is CCC(C)(CC(C)(CC)C(C)=O)SC. The third-order valence-corrected chi connectivity index (χ3v) is 5.05. The predicted molar refractivity (Wildman–Crippen MR) is 65.9 cm³/mol. The third kappa shape index (κ3) is 3.30. The molecule has 0 bridgehead atoms. The van der Waals surface area contributed by atoms with Crippen LogP contribution >= 0.6 is 11.8 Å².